The SMILES string of the molecule is Nc1cn(-c2ccccc2Br)nc1-c1ccc(F)c(Cl)c1. The second-order valence-corrected chi connectivity index (χ2v) is 5.72. The molecule has 0 bridgehead atoms. The van der Waals surface area contributed by atoms with Gasteiger partial charge in [0.05, 0.1) is 22.6 Å². The van der Waals surface area contributed by atoms with Gasteiger partial charge in [0, 0.05) is 10.0 Å². The molecule has 3 rings (SSSR count). The normalized spacial score (nSPS) is 10.8. The van der Waals surface area contributed by atoms with Crippen molar-refractivity contribution in [2.24, 2.45) is 0 Å². The molecule has 6 heteroatoms. The van der Waals surface area contributed by atoms with Crippen LogP contribution in [0.2, 0.25) is 5.02 Å². The molecule has 0 radical (unpaired) electrons. The lowest BCUT2D eigenvalue weighted by atomic mass is 10.1. The third-order valence-corrected chi connectivity index (χ3v) is 4.00. The third-order valence-electron chi connectivity index (χ3n) is 3.03. The number of anilines is 1. The van der Waals surface area contributed by atoms with E-state index in [0.717, 1.165) is 10.2 Å². The van der Waals surface area contributed by atoms with Crippen LogP contribution < -0.4 is 5.73 Å². The van der Waals surface area contributed by atoms with Gasteiger partial charge in [-0.15, -0.1) is 0 Å². The fraction of sp³-hybridized carbons (Fsp3) is 0. The number of benzene rings is 2. The first-order valence-corrected chi connectivity index (χ1v) is 7.29. The number of rotatable bonds is 2. The molecule has 0 aliphatic carbocycles. The molecule has 0 saturated carbocycles. The van der Waals surface area contributed by atoms with Crippen LogP contribution in [0.5, 0.6) is 0 Å². The van der Waals surface area contributed by atoms with Crippen molar-refractivity contribution in [2.45, 2.75) is 0 Å². The molecule has 21 heavy (non-hydrogen) atoms. The molecule has 3 aromatic rings. The van der Waals surface area contributed by atoms with E-state index in [4.69, 9.17) is 17.3 Å². The van der Waals surface area contributed by atoms with Crippen molar-refractivity contribution in [1.82, 2.24) is 9.78 Å². The maximum atomic E-state index is 13.2. The van der Waals surface area contributed by atoms with Gasteiger partial charge < -0.3 is 5.73 Å². The summed E-state index contributed by atoms with van der Waals surface area (Å²) in [4.78, 5) is 0. The zero-order valence-corrected chi connectivity index (χ0v) is 13.1. The minimum absolute atomic E-state index is 0.0438. The van der Waals surface area contributed by atoms with E-state index in [-0.39, 0.29) is 5.02 Å². The fourth-order valence-electron chi connectivity index (χ4n) is 2.02. The van der Waals surface area contributed by atoms with Crippen LogP contribution >= 0.6 is 27.5 Å². The second-order valence-electron chi connectivity index (χ2n) is 4.46. The van der Waals surface area contributed by atoms with Crippen LogP contribution in [0.1, 0.15) is 0 Å². The van der Waals surface area contributed by atoms with E-state index in [0.29, 0.717) is 16.9 Å². The van der Waals surface area contributed by atoms with Crippen LogP contribution in [-0.2, 0) is 0 Å². The zero-order chi connectivity index (χ0) is 15.0. The Hall–Kier alpha value is -1.85. The number of hydrogen-bond donors (Lipinski definition) is 1. The molecule has 0 aliphatic rings. The molecule has 3 nitrogen and oxygen atoms in total. The van der Waals surface area contributed by atoms with Gasteiger partial charge in [0.15, 0.2) is 0 Å². The van der Waals surface area contributed by atoms with E-state index in [2.05, 4.69) is 21.0 Å². The van der Waals surface area contributed by atoms with Gasteiger partial charge in [0.2, 0.25) is 0 Å². The number of aromatic nitrogens is 2. The number of nitrogen functional groups attached to an aromatic ring is 1. The quantitative estimate of drug-likeness (QED) is 0.716. The topological polar surface area (TPSA) is 43.8 Å². The standard InChI is InChI=1S/C15H10BrClFN3/c16-10-3-1-2-4-14(10)21-8-13(19)15(20-21)9-5-6-12(18)11(17)7-9/h1-8H,19H2. The molecule has 106 valence electrons. The van der Waals surface area contributed by atoms with E-state index >= 15 is 0 Å². The summed E-state index contributed by atoms with van der Waals surface area (Å²) in [6, 6.07) is 12.1. The largest absolute Gasteiger partial charge is 0.396 e. The van der Waals surface area contributed by atoms with Gasteiger partial charge in [-0.1, -0.05) is 23.7 Å². The summed E-state index contributed by atoms with van der Waals surface area (Å²) < 4.78 is 15.8. The molecule has 2 aromatic carbocycles. The molecule has 0 aliphatic heterocycles. The number of nitrogens with two attached hydrogens (primary N) is 1. The Balaban J connectivity index is 2.10. The van der Waals surface area contributed by atoms with Crippen LogP contribution in [0.3, 0.4) is 0 Å². The van der Waals surface area contributed by atoms with Crippen LogP contribution in [-0.4, -0.2) is 9.78 Å². The first-order chi connectivity index (χ1) is 10.1. The average molecular weight is 367 g/mol. The monoisotopic (exact) mass is 365 g/mol. The lowest BCUT2D eigenvalue weighted by molar-refractivity contribution is 0.628. The van der Waals surface area contributed by atoms with Gasteiger partial charge in [0.1, 0.15) is 11.5 Å². The summed E-state index contributed by atoms with van der Waals surface area (Å²) >= 11 is 9.28. The van der Waals surface area contributed by atoms with Crippen LogP contribution in [0.15, 0.2) is 53.1 Å². The molecular weight excluding hydrogens is 357 g/mol. The maximum absolute atomic E-state index is 13.2. The molecule has 0 fully saturated rings. The second kappa shape index (κ2) is 5.50. The molecule has 0 atom stereocenters. The summed E-state index contributed by atoms with van der Waals surface area (Å²) in [5.41, 5.74) is 8.61. The van der Waals surface area contributed by atoms with Gasteiger partial charge in [-0.05, 0) is 46.3 Å². The Bertz CT molecular complexity index is 816. The number of hydrogen-bond acceptors (Lipinski definition) is 2. The third kappa shape index (κ3) is 2.66. The zero-order valence-electron chi connectivity index (χ0n) is 10.7. The Morgan fingerprint density at radius 3 is 2.67 bits per heavy atom. The van der Waals surface area contributed by atoms with Crippen LogP contribution in [0.4, 0.5) is 10.1 Å². The lowest BCUT2D eigenvalue weighted by Gasteiger charge is -2.03. The highest BCUT2D eigenvalue weighted by atomic mass is 79.9. The van der Waals surface area contributed by atoms with Crippen molar-refractivity contribution >= 4 is 33.2 Å². The summed E-state index contributed by atoms with van der Waals surface area (Å²) in [5, 5.41) is 4.51. The van der Waals surface area contributed by atoms with Gasteiger partial charge in [-0.25, -0.2) is 9.07 Å². The van der Waals surface area contributed by atoms with Crippen molar-refractivity contribution in [2.75, 3.05) is 5.73 Å². The predicted octanol–water partition coefficient (Wildman–Crippen LogP) is 4.68. The molecule has 0 saturated heterocycles. The van der Waals surface area contributed by atoms with Crippen molar-refractivity contribution in [1.29, 1.82) is 0 Å². The van der Waals surface area contributed by atoms with Crippen molar-refractivity contribution in [3.05, 3.63) is 64.0 Å². The van der Waals surface area contributed by atoms with Gasteiger partial charge in [-0.2, -0.15) is 5.10 Å². The van der Waals surface area contributed by atoms with Crippen molar-refractivity contribution in [3.63, 3.8) is 0 Å². The van der Waals surface area contributed by atoms with Crippen LogP contribution in [0.25, 0.3) is 16.9 Å². The summed E-state index contributed by atoms with van der Waals surface area (Å²) in [6.45, 7) is 0. The Morgan fingerprint density at radius 1 is 1.19 bits per heavy atom. The number of para-hydroxylation sites is 1. The average Bonchev–Trinajstić information content (AvgIpc) is 2.84. The number of nitrogens with zero attached hydrogens (tertiary/aromatic N) is 2. The summed E-state index contributed by atoms with van der Waals surface area (Å²) in [5.74, 6) is -0.468. The Morgan fingerprint density at radius 2 is 1.95 bits per heavy atom. The highest BCUT2D eigenvalue weighted by molar-refractivity contribution is 9.10. The van der Waals surface area contributed by atoms with E-state index < -0.39 is 5.82 Å². The Labute approximate surface area is 134 Å². The van der Waals surface area contributed by atoms with E-state index in [1.54, 1.807) is 16.9 Å². The minimum Gasteiger partial charge on any atom is -0.396 e. The highest BCUT2D eigenvalue weighted by Crippen LogP contribution is 2.30. The molecule has 1 aromatic heterocycles. The molecule has 1 heterocycles. The molecule has 2 N–H and O–H groups in total. The highest BCUT2D eigenvalue weighted by Gasteiger charge is 2.12. The van der Waals surface area contributed by atoms with Gasteiger partial charge >= 0.3 is 0 Å². The first kappa shape index (κ1) is 14.1. The van der Waals surface area contributed by atoms with Gasteiger partial charge in [0.25, 0.3) is 0 Å². The lowest BCUT2D eigenvalue weighted by Crippen LogP contribution is -1.95. The molecule has 0 spiro atoms. The maximum Gasteiger partial charge on any atom is 0.141 e. The van der Waals surface area contributed by atoms with Crippen LogP contribution in [0, 0.1) is 5.82 Å². The molecule has 0 amide bonds. The Kier molecular flexibility index (Phi) is 3.69. The molecule has 0 unspecified atom stereocenters. The van der Waals surface area contributed by atoms with E-state index in [1.165, 1.54) is 12.1 Å². The number of halogens is 3. The smallest absolute Gasteiger partial charge is 0.141 e. The van der Waals surface area contributed by atoms with Crippen molar-refractivity contribution in [3.8, 4) is 16.9 Å². The summed E-state index contributed by atoms with van der Waals surface area (Å²) in [6.07, 6.45) is 1.71. The minimum atomic E-state index is -0.468. The molecular formula is C15H10BrClFN3. The van der Waals surface area contributed by atoms with E-state index in [1.807, 2.05) is 24.3 Å². The predicted molar refractivity (Wildman–Crippen MR) is 86.1 cm³/mol. The summed E-state index contributed by atoms with van der Waals surface area (Å²) in [7, 11) is 0. The fourth-order valence-corrected chi connectivity index (χ4v) is 2.66. The van der Waals surface area contributed by atoms with E-state index in [9.17, 15) is 4.39 Å². The van der Waals surface area contributed by atoms with Gasteiger partial charge in [-0.3, -0.25) is 0 Å². The van der Waals surface area contributed by atoms with Crippen molar-refractivity contribution < 1.29 is 4.39 Å². The first-order valence-electron chi connectivity index (χ1n) is 6.12.